The van der Waals surface area contributed by atoms with E-state index in [-0.39, 0.29) is 17.9 Å². The molecule has 0 aliphatic heterocycles. The number of nitrogens with one attached hydrogen (secondary N) is 1. The minimum Gasteiger partial charge on any atom is -0.462 e. The molecule has 0 radical (unpaired) electrons. The molecule has 6 nitrogen and oxygen atoms in total. The Kier molecular flexibility index (Phi) is 4.86. The SMILES string of the molecule is C=CCNc1cc([N+](=O)[O-])ccc1C(=O)OCC. The van der Waals surface area contributed by atoms with Gasteiger partial charge in [0, 0.05) is 18.7 Å². The van der Waals surface area contributed by atoms with E-state index in [1.165, 1.54) is 18.2 Å². The predicted molar refractivity (Wildman–Crippen MR) is 67.7 cm³/mol. The smallest absolute Gasteiger partial charge is 0.340 e. The number of benzene rings is 1. The summed E-state index contributed by atoms with van der Waals surface area (Å²) in [5.41, 5.74) is 0.543. The Hall–Kier alpha value is -2.37. The van der Waals surface area contributed by atoms with E-state index in [0.717, 1.165) is 0 Å². The van der Waals surface area contributed by atoms with Crippen LogP contribution in [0.1, 0.15) is 17.3 Å². The molecular formula is C12H14N2O4. The number of non-ortho nitro benzene ring substituents is 1. The van der Waals surface area contributed by atoms with Crippen LogP contribution in [0, 0.1) is 10.1 Å². The maximum Gasteiger partial charge on any atom is 0.340 e. The van der Waals surface area contributed by atoms with Crippen molar-refractivity contribution in [1.29, 1.82) is 0 Å². The van der Waals surface area contributed by atoms with Crippen LogP contribution in [0.3, 0.4) is 0 Å². The molecule has 96 valence electrons. The Morgan fingerprint density at radius 3 is 2.89 bits per heavy atom. The Morgan fingerprint density at radius 2 is 2.33 bits per heavy atom. The van der Waals surface area contributed by atoms with E-state index in [0.29, 0.717) is 12.2 Å². The molecule has 0 aliphatic carbocycles. The lowest BCUT2D eigenvalue weighted by atomic mass is 10.1. The van der Waals surface area contributed by atoms with E-state index < -0.39 is 10.9 Å². The maximum absolute atomic E-state index is 11.7. The van der Waals surface area contributed by atoms with Gasteiger partial charge < -0.3 is 10.1 Å². The lowest BCUT2D eigenvalue weighted by molar-refractivity contribution is -0.384. The van der Waals surface area contributed by atoms with Crippen LogP contribution in [-0.4, -0.2) is 24.0 Å². The second kappa shape index (κ2) is 6.39. The summed E-state index contributed by atoms with van der Waals surface area (Å²) < 4.78 is 4.87. The van der Waals surface area contributed by atoms with Crippen molar-refractivity contribution in [1.82, 2.24) is 0 Å². The molecular weight excluding hydrogens is 236 g/mol. The largest absolute Gasteiger partial charge is 0.462 e. The molecule has 0 saturated heterocycles. The normalized spacial score (nSPS) is 9.61. The quantitative estimate of drug-likeness (QED) is 0.363. The van der Waals surface area contributed by atoms with Crippen molar-refractivity contribution in [3.63, 3.8) is 0 Å². The average Bonchev–Trinajstić information content (AvgIpc) is 2.36. The zero-order chi connectivity index (χ0) is 13.5. The first-order chi connectivity index (χ1) is 8.60. The third kappa shape index (κ3) is 3.31. The molecule has 0 unspecified atom stereocenters. The van der Waals surface area contributed by atoms with Crippen molar-refractivity contribution in [2.45, 2.75) is 6.92 Å². The molecule has 0 spiro atoms. The Labute approximate surface area is 104 Å². The zero-order valence-electron chi connectivity index (χ0n) is 10.0. The minimum atomic E-state index is -0.520. The number of nitro benzene ring substituents is 1. The maximum atomic E-state index is 11.7. The van der Waals surface area contributed by atoms with Crippen molar-refractivity contribution in [2.75, 3.05) is 18.5 Å². The average molecular weight is 250 g/mol. The second-order valence-electron chi connectivity index (χ2n) is 3.38. The van der Waals surface area contributed by atoms with Gasteiger partial charge in [0.15, 0.2) is 0 Å². The number of ether oxygens (including phenoxy) is 1. The van der Waals surface area contributed by atoms with Gasteiger partial charge >= 0.3 is 5.97 Å². The number of nitrogens with zero attached hydrogens (tertiary/aromatic N) is 1. The van der Waals surface area contributed by atoms with Crippen LogP contribution < -0.4 is 5.32 Å². The first-order valence-corrected chi connectivity index (χ1v) is 5.40. The number of carbonyl (C=O) groups is 1. The van der Waals surface area contributed by atoms with Crippen LogP contribution in [0.2, 0.25) is 0 Å². The molecule has 0 heterocycles. The van der Waals surface area contributed by atoms with Gasteiger partial charge in [-0.1, -0.05) is 6.08 Å². The highest BCUT2D eigenvalue weighted by atomic mass is 16.6. The third-order valence-corrected chi connectivity index (χ3v) is 2.15. The van der Waals surface area contributed by atoms with E-state index in [2.05, 4.69) is 11.9 Å². The van der Waals surface area contributed by atoms with Crippen LogP contribution in [0.5, 0.6) is 0 Å². The summed E-state index contributed by atoms with van der Waals surface area (Å²) in [5.74, 6) is -0.515. The number of anilines is 1. The van der Waals surface area contributed by atoms with E-state index >= 15 is 0 Å². The van der Waals surface area contributed by atoms with Crippen LogP contribution in [0.25, 0.3) is 0 Å². The van der Waals surface area contributed by atoms with E-state index in [1.54, 1.807) is 13.0 Å². The molecule has 0 aliphatic rings. The van der Waals surface area contributed by atoms with Gasteiger partial charge in [-0.05, 0) is 13.0 Å². The summed E-state index contributed by atoms with van der Waals surface area (Å²) >= 11 is 0. The van der Waals surface area contributed by atoms with Crippen molar-refractivity contribution >= 4 is 17.3 Å². The van der Waals surface area contributed by atoms with Crippen LogP contribution in [0.4, 0.5) is 11.4 Å². The highest BCUT2D eigenvalue weighted by Crippen LogP contribution is 2.23. The fraction of sp³-hybridized carbons (Fsp3) is 0.250. The molecule has 0 amide bonds. The molecule has 1 rings (SSSR count). The fourth-order valence-electron chi connectivity index (χ4n) is 1.36. The Balaban J connectivity index is 3.11. The number of hydrogen-bond acceptors (Lipinski definition) is 5. The lowest BCUT2D eigenvalue weighted by Gasteiger charge is -2.09. The molecule has 6 heteroatoms. The number of nitro groups is 1. The summed E-state index contributed by atoms with van der Waals surface area (Å²) in [6.45, 7) is 5.87. The standard InChI is InChI=1S/C12H14N2O4/c1-3-7-13-11-8-9(14(16)17)5-6-10(11)12(15)18-4-2/h3,5-6,8,13H,1,4,7H2,2H3. The second-order valence-corrected chi connectivity index (χ2v) is 3.38. The van der Waals surface area contributed by atoms with Crippen molar-refractivity contribution in [2.24, 2.45) is 0 Å². The van der Waals surface area contributed by atoms with Gasteiger partial charge in [-0.3, -0.25) is 10.1 Å². The lowest BCUT2D eigenvalue weighted by Crippen LogP contribution is -2.10. The van der Waals surface area contributed by atoms with E-state index in [1.807, 2.05) is 0 Å². The first kappa shape index (κ1) is 13.7. The highest BCUT2D eigenvalue weighted by Gasteiger charge is 2.16. The van der Waals surface area contributed by atoms with Gasteiger partial charge in [0.05, 0.1) is 22.8 Å². The van der Waals surface area contributed by atoms with Gasteiger partial charge in [0.2, 0.25) is 0 Å². The zero-order valence-corrected chi connectivity index (χ0v) is 10.0. The van der Waals surface area contributed by atoms with Crippen LogP contribution in [-0.2, 0) is 4.74 Å². The van der Waals surface area contributed by atoms with Crippen molar-refractivity contribution in [3.05, 3.63) is 46.5 Å². The van der Waals surface area contributed by atoms with Crippen molar-refractivity contribution in [3.8, 4) is 0 Å². The van der Waals surface area contributed by atoms with Gasteiger partial charge in [0.25, 0.3) is 5.69 Å². The number of rotatable bonds is 6. The van der Waals surface area contributed by atoms with Crippen LogP contribution >= 0.6 is 0 Å². The summed E-state index contributed by atoms with van der Waals surface area (Å²) in [4.78, 5) is 21.8. The first-order valence-electron chi connectivity index (χ1n) is 5.40. The summed E-state index contributed by atoms with van der Waals surface area (Å²) in [7, 11) is 0. The minimum absolute atomic E-state index is 0.0883. The van der Waals surface area contributed by atoms with Crippen LogP contribution in [0.15, 0.2) is 30.9 Å². The van der Waals surface area contributed by atoms with Gasteiger partial charge in [0.1, 0.15) is 0 Å². The summed E-state index contributed by atoms with van der Waals surface area (Å²) in [6.07, 6.45) is 1.59. The van der Waals surface area contributed by atoms with Gasteiger partial charge in [-0.25, -0.2) is 4.79 Å². The predicted octanol–water partition coefficient (Wildman–Crippen LogP) is 2.37. The monoisotopic (exact) mass is 250 g/mol. The Bertz CT molecular complexity index is 471. The molecule has 0 bridgehead atoms. The molecule has 0 atom stereocenters. The van der Waals surface area contributed by atoms with E-state index in [4.69, 9.17) is 4.74 Å². The Morgan fingerprint density at radius 1 is 1.61 bits per heavy atom. The molecule has 18 heavy (non-hydrogen) atoms. The molecule has 1 aromatic carbocycles. The van der Waals surface area contributed by atoms with Crippen molar-refractivity contribution < 1.29 is 14.5 Å². The fourth-order valence-corrected chi connectivity index (χ4v) is 1.36. The molecule has 1 N–H and O–H groups in total. The molecule has 1 aromatic rings. The summed E-state index contributed by atoms with van der Waals surface area (Å²) in [5, 5.41) is 13.5. The number of esters is 1. The molecule has 0 aromatic heterocycles. The topological polar surface area (TPSA) is 81.5 Å². The van der Waals surface area contributed by atoms with E-state index in [9.17, 15) is 14.9 Å². The highest BCUT2D eigenvalue weighted by molar-refractivity contribution is 5.96. The van der Waals surface area contributed by atoms with Gasteiger partial charge in [-0.2, -0.15) is 0 Å². The number of carbonyl (C=O) groups excluding carboxylic acids is 1. The van der Waals surface area contributed by atoms with Gasteiger partial charge in [-0.15, -0.1) is 6.58 Å². The summed E-state index contributed by atoms with van der Waals surface area (Å²) in [6, 6.07) is 3.95. The molecule has 0 saturated carbocycles. The molecule has 0 fully saturated rings. The number of hydrogen-bond donors (Lipinski definition) is 1. The third-order valence-electron chi connectivity index (χ3n) is 2.15.